The molecule has 0 spiro atoms. The van der Waals surface area contributed by atoms with Crippen LogP contribution in [0.15, 0.2) is 18.3 Å². The number of carbonyl (C=O) groups excluding carboxylic acids is 2. The van der Waals surface area contributed by atoms with Gasteiger partial charge in [0.15, 0.2) is 0 Å². The predicted octanol–water partition coefficient (Wildman–Crippen LogP) is 0.839. The first-order valence-corrected chi connectivity index (χ1v) is 6.42. The number of aliphatic hydroxyl groups excluding tert-OH is 1. The molecule has 1 heterocycles. The Balaban J connectivity index is 2.70. The van der Waals surface area contributed by atoms with E-state index in [1.54, 1.807) is 6.07 Å². The summed E-state index contributed by atoms with van der Waals surface area (Å²) < 4.78 is 0. The van der Waals surface area contributed by atoms with Crippen molar-refractivity contribution in [2.75, 3.05) is 11.9 Å². The number of aromatic nitrogens is 2. The zero-order valence-electron chi connectivity index (χ0n) is 10.9. The Labute approximate surface area is 121 Å². The SMILES string of the molecule is CCC(CO)Nc1nccc(/C=C/C(=O)NC(=O)S)n1. The summed E-state index contributed by atoms with van der Waals surface area (Å²) in [5.41, 5.74) is 0.497. The van der Waals surface area contributed by atoms with Crippen molar-refractivity contribution in [3.05, 3.63) is 24.0 Å². The molecule has 1 atom stereocenters. The van der Waals surface area contributed by atoms with E-state index in [-0.39, 0.29) is 12.6 Å². The molecular weight excluding hydrogens is 280 g/mol. The highest BCUT2D eigenvalue weighted by molar-refractivity contribution is 7.96. The van der Waals surface area contributed by atoms with E-state index in [1.165, 1.54) is 18.3 Å². The van der Waals surface area contributed by atoms with E-state index in [9.17, 15) is 9.59 Å². The summed E-state index contributed by atoms with van der Waals surface area (Å²) in [4.78, 5) is 29.9. The number of nitrogens with zero attached hydrogens (tertiary/aromatic N) is 2. The van der Waals surface area contributed by atoms with E-state index in [0.29, 0.717) is 11.6 Å². The molecule has 0 saturated carbocycles. The molecular formula is C12H16N4O3S. The van der Waals surface area contributed by atoms with Crippen LogP contribution in [0.1, 0.15) is 19.0 Å². The fourth-order valence-electron chi connectivity index (χ4n) is 1.30. The minimum Gasteiger partial charge on any atom is -0.394 e. The molecule has 1 rings (SSSR count). The molecule has 0 fully saturated rings. The Morgan fingerprint density at radius 1 is 1.55 bits per heavy atom. The van der Waals surface area contributed by atoms with Crippen LogP contribution in [0.5, 0.6) is 0 Å². The zero-order valence-corrected chi connectivity index (χ0v) is 11.8. The van der Waals surface area contributed by atoms with Crippen molar-refractivity contribution in [2.24, 2.45) is 0 Å². The summed E-state index contributed by atoms with van der Waals surface area (Å²) >= 11 is 3.43. The third kappa shape index (κ3) is 5.81. The van der Waals surface area contributed by atoms with Gasteiger partial charge in [0.05, 0.1) is 18.3 Å². The van der Waals surface area contributed by atoms with Crippen molar-refractivity contribution in [1.29, 1.82) is 0 Å². The molecule has 20 heavy (non-hydrogen) atoms. The third-order valence-electron chi connectivity index (χ3n) is 2.36. The van der Waals surface area contributed by atoms with Gasteiger partial charge in [0, 0.05) is 12.3 Å². The maximum Gasteiger partial charge on any atom is 0.282 e. The number of rotatable bonds is 6. The quantitative estimate of drug-likeness (QED) is 0.458. The molecule has 108 valence electrons. The number of hydrogen-bond acceptors (Lipinski definition) is 6. The average Bonchev–Trinajstić information content (AvgIpc) is 2.42. The zero-order chi connectivity index (χ0) is 15.0. The molecule has 1 aromatic rings. The predicted molar refractivity (Wildman–Crippen MR) is 78.4 cm³/mol. The molecule has 0 aromatic carbocycles. The Morgan fingerprint density at radius 2 is 2.30 bits per heavy atom. The lowest BCUT2D eigenvalue weighted by atomic mass is 10.2. The van der Waals surface area contributed by atoms with E-state index in [2.05, 4.69) is 27.9 Å². The number of hydrogen-bond donors (Lipinski definition) is 4. The normalized spacial score (nSPS) is 12.2. The first-order chi connectivity index (χ1) is 9.55. The minimum absolute atomic E-state index is 0.0214. The van der Waals surface area contributed by atoms with Gasteiger partial charge in [-0.3, -0.25) is 14.9 Å². The fraction of sp³-hybridized carbons (Fsp3) is 0.333. The van der Waals surface area contributed by atoms with Gasteiger partial charge in [-0.1, -0.05) is 19.6 Å². The highest BCUT2D eigenvalue weighted by Gasteiger charge is 2.06. The molecule has 0 radical (unpaired) electrons. The second kappa shape index (κ2) is 8.28. The van der Waals surface area contributed by atoms with Crippen molar-refractivity contribution in [1.82, 2.24) is 15.3 Å². The molecule has 7 nitrogen and oxygen atoms in total. The van der Waals surface area contributed by atoms with Crippen molar-refractivity contribution >= 4 is 35.8 Å². The van der Waals surface area contributed by atoms with Gasteiger partial charge in [0.1, 0.15) is 0 Å². The van der Waals surface area contributed by atoms with Crippen molar-refractivity contribution < 1.29 is 14.7 Å². The van der Waals surface area contributed by atoms with Gasteiger partial charge in [-0.15, -0.1) is 0 Å². The van der Waals surface area contributed by atoms with Crippen molar-refractivity contribution in [2.45, 2.75) is 19.4 Å². The second-order valence-corrected chi connectivity index (χ2v) is 4.27. The van der Waals surface area contributed by atoms with Gasteiger partial charge in [-0.25, -0.2) is 9.97 Å². The van der Waals surface area contributed by atoms with E-state index >= 15 is 0 Å². The smallest absolute Gasteiger partial charge is 0.282 e. The number of anilines is 1. The van der Waals surface area contributed by atoms with Crippen LogP contribution in [0.4, 0.5) is 10.7 Å². The molecule has 0 aliphatic carbocycles. The van der Waals surface area contributed by atoms with E-state index in [4.69, 9.17) is 5.11 Å². The first kappa shape index (κ1) is 16.1. The van der Waals surface area contributed by atoms with Gasteiger partial charge in [0.2, 0.25) is 5.95 Å². The standard InChI is InChI=1S/C12H16N4O3S/c1-2-8(7-17)14-11-13-6-5-9(15-11)3-4-10(18)16-12(19)20/h3-6,8,17H,2,7H2,1H3,(H,13,14,15)(H2,16,18,19,20)/b4-3+. The molecule has 8 heteroatoms. The van der Waals surface area contributed by atoms with Gasteiger partial charge >= 0.3 is 0 Å². The summed E-state index contributed by atoms with van der Waals surface area (Å²) in [6, 6.07) is 1.48. The van der Waals surface area contributed by atoms with Crippen LogP contribution in [0.2, 0.25) is 0 Å². The topological polar surface area (TPSA) is 104 Å². The highest BCUT2D eigenvalue weighted by Crippen LogP contribution is 2.05. The fourth-order valence-corrected chi connectivity index (χ4v) is 1.41. The van der Waals surface area contributed by atoms with E-state index in [0.717, 1.165) is 6.42 Å². The second-order valence-electron chi connectivity index (χ2n) is 3.86. The lowest BCUT2D eigenvalue weighted by molar-refractivity contribution is -0.115. The van der Waals surface area contributed by atoms with Crippen molar-refractivity contribution in [3.63, 3.8) is 0 Å². The summed E-state index contributed by atoms with van der Waals surface area (Å²) in [6.45, 7) is 1.91. The summed E-state index contributed by atoms with van der Waals surface area (Å²) in [5.74, 6) is -0.223. The van der Waals surface area contributed by atoms with Gasteiger partial charge in [-0.05, 0) is 18.6 Å². The number of carbonyl (C=O) groups is 2. The highest BCUT2D eigenvalue weighted by atomic mass is 32.1. The van der Waals surface area contributed by atoms with E-state index in [1.807, 2.05) is 12.2 Å². The molecule has 1 aromatic heterocycles. The minimum atomic E-state index is -0.724. The van der Waals surface area contributed by atoms with E-state index < -0.39 is 11.1 Å². The number of thiol groups is 1. The van der Waals surface area contributed by atoms with Crippen LogP contribution < -0.4 is 10.6 Å². The summed E-state index contributed by atoms with van der Waals surface area (Å²) in [5, 5.41) is 13.3. The maximum atomic E-state index is 11.2. The van der Waals surface area contributed by atoms with Crippen LogP contribution in [0, 0.1) is 0 Å². The molecule has 0 aliphatic rings. The molecule has 0 bridgehead atoms. The molecule has 0 aliphatic heterocycles. The molecule has 2 amide bonds. The Bertz CT molecular complexity index is 503. The van der Waals surface area contributed by atoms with Crippen LogP contribution in [-0.2, 0) is 4.79 Å². The lowest BCUT2D eigenvalue weighted by Crippen LogP contribution is -2.24. The molecule has 3 N–H and O–H groups in total. The monoisotopic (exact) mass is 296 g/mol. The first-order valence-electron chi connectivity index (χ1n) is 5.97. The third-order valence-corrected chi connectivity index (χ3v) is 2.47. The van der Waals surface area contributed by atoms with Crippen LogP contribution in [0.3, 0.4) is 0 Å². The lowest BCUT2D eigenvalue weighted by Gasteiger charge is -2.13. The average molecular weight is 296 g/mol. The Morgan fingerprint density at radius 3 is 2.90 bits per heavy atom. The summed E-state index contributed by atoms with van der Waals surface area (Å²) in [7, 11) is 0. The van der Waals surface area contributed by atoms with Gasteiger partial charge < -0.3 is 10.4 Å². The van der Waals surface area contributed by atoms with Crippen LogP contribution in [-0.4, -0.2) is 38.9 Å². The molecule has 0 saturated heterocycles. The summed E-state index contributed by atoms with van der Waals surface area (Å²) in [6.07, 6.45) is 4.87. The molecule has 1 unspecified atom stereocenters. The van der Waals surface area contributed by atoms with Gasteiger partial charge in [-0.2, -0.15) is 0 Å². The number of aliphatic hydroxyl groups is 1. The van der Waals surface area contributed by atoms with Crippen molar-refractivity contribution in [3.8, 4) is 0 Å². The number of nitrogens with one attached hydrogen (secondary N) is 2. The van der Waals surface area contributed by atoms with Crippen LogP contribution in [0.25, 0.3) is 6.08 Å². The number of amides is 2. The maximum absolute atomic E-state index is 11.2. The van der Waals surface area contributed by atoms with Gasteiger partial charge in [0.25, 0.3) is 11.1 Å². The number of imide groups is 1. The Hall–Kier alpha value is -1.93. The van der Waals surface area contributed by atoms with Crippen LogP contribution >= 0.6 is 12.6 Å². The largest absolute Gasteiger partial charge is 0.394 e. The Kier molecular flexibility index (Phi) is 6.68.